The molecular weight excluding hydrogens is 391 g/mol. The summed E-state index contributed by atoms with van der Waals surface area (Å²) >= 11 is 5.94. The highest BCUT2D eigenvalue weighted by atomic mass is 35.5. The van der Waals surface area contributed by atoms with Crippen molar-refractivity contribution >= 4 is 23.4 Å². The lowest BCUT2D eigenvalue weighted by molar-refractivity contribution is -0.137. The van der Waals surface area contributed by atoms with Gasteiger partial charge in [0.25, 0.3) is 0 Å². The molecule has 0 aliphatic rings. The number of esters is 1. The van der Waals surface area contributed by atoms with Gasteiger partial charge in [-0.1, -0.05) is 37.6 Å². The van der Waals surface area contributed by atoms with Gasteiger partial charge in [-0.2, -0.15) is 0 Å². The zero-order valence-electron chi connectivity index (χ0n) is 16.1. The Morgan fingerprint density at radius 2 is 1.34 bits per heavy atom. The molecule has 3 aromatic rings. The molecule has 0 fully saturated rings. The number of ketones is 1. The van der Waals surface area contributed by atoms with Crippen LogP contribution in [-0.4, -0.2) is 11.8 Å². The van der Waals surface area contributed by atoms with E-state index in [9.17, 15) is 14.0 Å². The minimum Gasteiger partial charge on any atom is -0.426 e. The molecule has 0 aromatic heterocycles. The van der Waals surface area contributed by atoms with Crippen molar-refractivity contribution < 1.29 is 18.7 Å². The van der Waals surface area contributed by atoms with Crippen LogP contribution in [0.25, 0.3) is 0 Å². The van der Waals surface area contributed by atoms with Crippen molar-refractivity contribution in [1.82, 2.24) is 0 Å². The summed E-state index contributed by atoms with van der Waals surface area (Å²) in [6, 6.07) is 18.8. The highest BCUT2D eigenvalue weighted by Gasteiger charge is 2.26. The van der Waals surface area contributed by atoms with Crippen molar-refractivity contribution in [2.45, 2.75) is 19.8 Å². The van der Waals surface area contributed by atoms with Crippen LogP contribution in [0.1, 0.15) is 41.3 Å². The summed E-state index contributed by atoms with van der Waals surface area (Å²) in [7, 11) is 0. The van der Waals surface area contributed by atoms with Gasteiger partial charge in [-0.15, -0.1) is 0 Å². The van der Waals surface area contributed by atoms with Gasteiger partial charge >= 0.3 is 5.97 Å². The third kappa shape index (κ3) is 5.09. The smallest absolute Gasteiger partial charge is 0.319 e. The van der Waals surface area contributed by atoms with Crippen LogP contribution < -0.4 is 4.74 Å². The van der Waals surface area contributed by atoms with E-state index in [1.54, 1.807) is 36.4 Å². The van der Waals surface area contributed by atoms with Crippen LogP contribution in [0.5, 0.6) is 5.75 Å². The molecule has 0 unspecified atom stereocenters. The fourth-order valence-corrected chi connectivity index (χ4v) is 3.21. The summed E-state index contributed by atoms with van der Waals surface area (Å²) in [6.45, 7) is 3.90. The molecule has 0 bridgehead atoms. The van der Waals surface area contributed by atoms with E-state index >= 15 is 0 Å². The van der Waals surface area contributed by atoms with E-state index in [-0.39, 0.29) is 17.7 Å². The van der Waals surface area contributed by atoms with Gasteiger partial charge in [-0.05, 0) is 72.1 Å². The fraction of sp³-hybridized carbons (Fsp3) is 0.167. The molecule has 0 radical (unpaired) electrons. The number of benzene rings is 3. The van der Waals surface area contributed by atoms with Crippen molar-refractivity contribution in [2.24, 2.45) is 5.92 Å². The lowest BCUT2D eigenvalue weighted by Crippen LogP contribution is -2.23. The Morgan fingerprint density at radius 1 is 0.828 bits per heavy atom. The third-order valence-electron chi connectivity index (χ3n) is 4.59. The molecule has 29 heavy (non-hydrogen) atoms. The van der Waals surface area contributed by atoms with E-state index in [0.29, 0.717) is 21.9 Å². The summed E-state index contributed by atoms with van der Waals surface area (Å²) in [5.41, 5.74) is 1.64. The average molecular weight is 411 g/mol. The summed E-state index contributed by atoms with van der Waals surface area (Å²) in [6.07, 6.45) is 0. The summed E-state index contributed by atoms with van der Waals surface area (Å²) in [5.74, 6) is -1.06. The second kappa shape index (κ2) is 9.01. The number of hydrogen-bond donors (Lipinski definition) is 0. The zero-order valence-corrected chi connectivity index (χ0v) is 16.8. The summed E-state index contributed by atoms with van der Waals surface area (Å²) in [5, 5.41) is 0.603. The maximum atomic E-state index is 13.0. The predicted molar refractivity (Wildman–Crippen MR) is 111 cm³/mol. The lowest BCUT2D eigenvalue weighted by Gasteiger charge is -2.20. The molecule has 0 amide bonds. The fourth-order valence-electron chi connectivity index (χ4n) is 3.09. The van der Waals surface area contributed by atoms with Crippen LogP contribution in [0.2, 0.25) is 5.02 Å². The maximum absolute atomic E-state index is 13.0. The molecule has 0 saturated carbocycles. The SMILES string of the molecule is CC(C)[C@@H](C(=O)Oc1ccc(C(=O)c2ccc(F)cc2)cc1)c1ccc(Cl)cc1. The van der Waals surface area contributed by atoms with E-state index in [1.807, 2.05) is 26.0 Å². The molecule has 0 spiro atoms. The van der Waals surface area contributed by atoms with Crippen LogP contribution in [0.4, 0.5) is 4.39 Å². The number of rotatable bonds is 6. The topological polar surface area (TPSA) is 43.4 Å². The largest absolute Gasteiger partial charge is 0.426 e. The zero-order chi connectivity index (χ0) is 21.0. The van der Waals surface area contributed by atoms with Crippen molar-refractivity contribution in [1.29, 1.82) is 0 Å². The van der Waals surface area contributed by atoms with E-state index in [0.717, 1.165) is 5.56 Å². The summed E-state index contributed by atoms with van der Waals surface area (Å²) in [4.78, 5) is 25.2. The monoisotopic (exact) mass is 410 g/mol. The molecule has 1 atom stereocenters. The maximum Gasteiger partial charge on any atom is 0.319 e. The molecule has 3 rings (SSSR count). The second-order valence-corrected chi connectivity index (χ2v) is 7.49. The average Bonchev–Trinajstić information content (AvgIpc) is 2.70. The lowest BCUT2D eigenvalue weighted by atomic mass is 9.88. The van der Waals surface area contributed by atoms with Crippen LogP contribution in [0, 0.1) is 11.7 Å². The minimum absolute atomic E-state index is 0.0306. The van der Waals surface area contributed by atoms with E-state index in [1.165, 1.54) is 24.3 Å². The standard InChI is InChI=1S/C24H20ClFO3/c1-15(2)22(16-3-9-19(25)10-4-16)24(28)29-21-13-7-18(8-14-21)23(27)17-5-11-20(26)12-6-17/h3-15,22H,1-2H3/t22-/m1/s1. The molecular formula is C24H20ClFO3. The molecule has 0 aliphatic heterocycles. The normalized spacial score (nSPS) is 11.9. The quantitative estimate of drug-likeness (QED) is 0.282. The van der Waals surface area contributed by atoms with Gasteiger partial charge in [-0.25, -0.2) is 4.39 Å². The van der Waals surface area contributed by atoms with Gasteiger partial charge in [0.05, 0.1) is 5.92 Å². The molecule has 0 N–H and O–H groups in total. The van der Waals surface area contributed by atoms with Crippen molar-refractivity contribution in [3.8, 4) is 5.75 Å². The Hall–Kier alpha value is -2.98. The number of hydrogen-bond acceptors (Lipinski definition) is 3. The Kier molecular flexibility index (Phi) is 6.45. The molecule has 5 heteroatoms. The van der Waals surface area contributed by atoms with Crippen LogP contribution in [0.15, 0.2) is 72.8 Å². The Labute approximate surface area is 174 Å². The van der Waals surface area contributed by atoms with Gasteiger partial charge in [-0.3, -0.25) is 9.59 Å². The molecule has 3 nitrogen and oxygen atoms in total. The van der Waals surface area contributed by atoms with Gasteiger partial charge in [0.2, 0.25) is 0 Å². The van der Waals surface area contributed by atoms with Crippen LogP contribution in [0.3, 0.4) is 0 Å². The first-order valence-electron chi connectivity index (χ1n) is 9.22. The van der Waals surface area contributed by atoms with E-state index < -0.39 is 11.7 Å². The van der Waals surface area contributed by atoms with E-state index in [2.05, 4.69) is 0 Å². The highest BCUT2D eigenvalue weighted by Crippen LogP contribution is 2.28. The van der Waals surface area contributed by atoms with Gasteiger partial charge in [0, 0.05) is 16.1 Å². The van der Waals surface area contributed by atoms with Gasteiger partial charge < -0.3 is 4.74 Å². The molecule has 0 saturated heterocycles. The first kappa shape index (κ1) is 20.7. The minimum atomic E-state index is -0.437. The van der Waals surface area contributed by atoms with Gasteiger partial charge in [0.1, 0.15) is 11.6 Å². The van der Waals surface area contributed by atoms with E-state index in [4.69, 9.17) is 16.3 Å². The van der Waals surface area contributed by atoms with Gasteiger partial charge in [0.15, 0.2) is 5.78 Å². The number of ether oxygens (including phenoxy) is 1. The van der Waals surface area contributed by atoms with Crippen LogP contribution >= 0.6 is 11.6 Å². The summed E-state index contributed by atoms with van der Waals surface area (Å²) < 4.78 is 18.6. The molecule has 148 valence electrons. The number of halogens is 2. The van der Waals surface area contributed by atoms with Crippen LogP contribution in [-0.2, 0) is 4.79 Å². The Balaban J connectivity index is 1.74. The number of carbonyl (C=O) groups is 2. The highest BCUT2D eigenvalue weighted by molar-refractivity contribution is 6.30. The molecule has 0 heterocycles. The van der Waals surface area contributed by atoms with Crippen molar-refractivity contribution in [3.63, 3.8) is 0 Å². The Morgan fingerprint density at radius 3 is 1.86 bits per heavy atom. The first-order valence-corrected chi connectivity index (χ1v) is 9.60. The van der Waals surface area contributed by atoms with Crippen molar-refractivity contribution in [3.05, 3.63) is 100 Å². The van der Waals surface area contributed by atoms with Crippen molar-refractivity contribution in [2.75, 3.05) is 0 Å². The molecule has 3 aromatic carbocycles. The third-order valence-corrected chi connectivity index (χ3v) is 4.84. The molecule has 0 aliphatic carbocycles. The predicted octanol–water partition coefficient (Wildman–Crippen LogP) is 6.06. The first-order chi connectivity index (χ1) is 13.8. The second-order valence-electron chi connectivity index (χ2n) is 7.05. The Bertz CT molecular complexity index is 994. The number of carbonyl (C=O) groups excluding carboxylic acids is 2.